The van der Waals surface area contributed by atoms with Gasteiger partial charge >= 0.3 is 5.97 Å². The molecule has 1 amide bonds. The molecule has 2 aliphatic carbocycles. The lowest BCUT2D eigenvalue weighted by Crippen LogP contribution is -2.35. The quantitative estimate of drug-likeness (QED) is 0.804. The first kappa shape index (κ1) is 13.3. The van der Waals surface area contributed by atoms with Gasteiger partial charge in [-0.15, -0.1) is 0 Å². The third kappa shape index (κ3) is 1.83. The number of hydrogen-bond acceptors (Lipinski definition) is 5. The van der Waals surface area contributed by atoms with Crippen molar-refractivity contribution in [1.82, 2.24) is 0 Å². The highest BCUT2D eigenvalue weighted by atomic mass is 16.6. The van der Waals surface area contributed by atoms with E-state index in [0.29, 0.717) is 5.69 Å². The predicted octanol–water partition coefficient (Wildman–Crippen LogP) is 0.186. The molecular weight excluding hydrogens is 286 g/mol. The summed E-state index contributed by atoms with van der Waals surface area (Å²) in [7, 11) is 0. The number of rotatable bonds is 3. The van der Waals surface area contributed by atoms with Crippen molar-refractivity contribution in [3.63, 3.8) is 0 Å². The largest absolute Gasteiger partial charge is 0.545 e. The van der Waals surface area contributed by atoms with Gasteiger partial charge in [-0.1, -0.05) is 12.1 Å². The van der Waals surface area contributed by atoms with Crippen LogP contribution in [0.25, 0.3) is 0 Å². The number of anilines is 1. The predicted molar refractivity (Wildman–Crippen MR) is 72.5 cm³/mol. The summed E-state index contributed by atoms with van der Waals surface area (Å²) in [5.41, 5.74) is 0.570. The maximum absolute atomic E-state index is 12.5. The Labute approximate surface area is 126 Å². The molecule has 3 fully saturated rings. The summed E-state index contributed by atoms with van der Waals surface area (Å²) >= 11 is 0. The Kier molecular flexibility index (Phi) is 2.76. The van der Waals surface area contributed by atoms with Crippen molar-refractivity contribution >= 4 is 23.5 Å². The number of carboxylic acids is 1. The van der Waals surface area contributed by atoms with Gasteiger partial charge in [0.15, 0.2) is 0 Å². The Morgan fingerprint density at radius 3 is 2.59 bits per heavy atom. The van der Waals surface area contributed by atoms with Gasteiger partial charge in [0.05, 0.1) is 17.8 Å². The number of amides is 1. The van der Waals surface area contributed by atoms with E-state index >= 15 is 0 Å². The molecule has 3 aliphatic rings. The molecule has 1 aromatic carbocycles. The molecule has 0 spiro atoms. The molecule has 4 rings (SSSR count). The van der Waals surface area contributed by atoms with Crippen LogP contribution >= 0.6 is 0 Å². The third-order valence-electron chi connectivity index (χ3n) is 5.17. The minimum atomic E-state index is -1.26. The minimum Gasteiger partial charge on any atom is -0.545 e. The molecule has 1 aromatic rings. The second-order valence-corrected chi connectivity index (χ2v) is 6.28. The molecule has 1 saturated heterocycles. The van der Waals surface area contributed by atoms with Crippen LogP contribution in [0.5, 0.6) is 0 Å². The van der Waals surface area contributed by atoms with E-state index in [1.807, 2.05) is 0 Å². The maximum atomic E-state index is 12.5. The summed E-state index contributed by atoms with van der Waals surface area (Å²) in [6, 6.07) is 5.80. The second-order valence-electron chi connectivity index (χ2n) is 6.28. The zero-order valence-electron chi connectivity index (χ0n) is 11.7. The van der Waals surface area contributed by atoms with Gasteiger partial charge in [0, 0.05) is 11.6 Å². The van der Waals surface area contributed by atoms with Gasteiger partial charge in [-0.2, -0.15) is 0 Å². The molecule has 1 aliphatic heterocycles. The highest BCUT2D eigenvalue weighted by Gasteiger charge is 2.63. The van der Waals surface area contributed by atoms with Gasteiger partial charge in [0.2, 0.25) is 5.91 Å². The van der Waals surface area contributed by atoms with E-state index in [0.717, 1.165) is 12.8 Å². The number of benzene rings is 1. The highest BCUT2D eigenvalue weighted by molar-refractivity contribution is 5.97. The van der Waals surface area contributed by atoms with Crippen molar-refractivity contribution in [2.45, 2.75) is 18.9 Å². The molecule has 5 atom stereocenters. The van der Waals surface area contributed by atoms with E-state index in [-0.39, 0.29) is 47.2 Å². The SMILES string of the molecule is O=C([O-])c1ccc(NC(=O)[C@@H]2[C@@H]3C[C@@H]4[C@@H]2C(=O)O[C@@H]4C3)cc1. The number of ether oxygens (including phenoxy) is 1. The zero-order valence-corrected chi connectivity index (χ0v) is 11.7. The minimum absolute atomic E-state index is 0.00824. The third-order valence-corrected chi connectivity index (χ3v) is 5.17. The fraction of sp³-hybridized carbons (Fsp3) is 0.438. The number of aromatic carboxylic acids is 1. The Hall–Kier alpha value is -2.37. The summed E-state index contributed by atoms with van der Waals surface area (Å²) < 4.78 is 5.32. The topological polar surface area (TPSA) is 95.5 Å². The van der Waals surface area contributed by atoms with Crippen molar-refractivity contribution in [3.05, 3.63) is 29.8 Å². The van der Waals surface area contributed by atoms with Crippen molar-refractivity contribution in [2.24, 2.45) is 23.7 Å². The van der Waals surface area contributed by atoms with E-state index < -0.39 is 5.97 Å². The number of carboxylic acid groups (broad SMARTS) is 1. The Morgan fingerprint density at radius 2 is 1.91 bits per heavy atom. The summed E-state index contributed by atoms with van der Waals surface area (Å²) in [6.45, 7) is 0. The van der Waals surface area contributed by atoms with E-state index in [1.165, 1.54) is 24.3 Å². The van der Waals surface area contributed by atoms with Gasteiger partial charge in [0.1, 0.15) is 6.10 Å². The fourth-order valence-electron chi connectivity index (χ4n) is 4.28. The van der Waals surface area contributed by atoms with Gasteiger partial charge < -0.3 is 20.0 Å². The van der Waals surface area contributed by atoms with E-state index in [9.17, 15) is 19.5 Å². The molecule has 2 bridgehead atoms. The number of esters is 1. The number of carbonyl (C=O) groups is 3. The van der Waals surface area contributed by atoms with Gasteiger partial charge in [-0.05, 0) is 36.5 Å². The first-order chi connectivity index (χ1) is 10.5. The van der Waals surface area contributed by atoms with E-state index in [4.69, 9.17) is 4.74 Å². The standard InChI is InChI=1S/C16H15NO5/c18-14(17-9-3-1-7(2-4-9)15(19)20)12-8-5-10-11(6-8)22-16(21)13(10)12/h1-4,8,10-13H,5-6H2,(H,17,18)(H,19,20)/p-1/t8-,10+,11-,12-,13+/m1/s1. The molecule has 2 saturated carbocycles. The molecule has 1 N–H and O–H groups in total. The van der Waals surface area contributed by atoms with Gasteiger partial charge in [-0.3, -0.25) is 9.59 Å². The lowest BCUT2D eigenvalue weighted by molar-refractivity contribution is -0.255. The average molecular weight is 300 g/mol. The van der Waals surface area contributed by atoms with Crippen LogP contribution in [-0.2, 0) is 14.3 Å². The molecule has 6 nitrogen and oxygen atoms in total. The number of nitrogens with one attached hydrogen (secondary N) is 1. The lowest BCUT2D eigenvalue weighted by Gasteiger charge is -2.23. The summed E-state index contributed by atoms with van der Waals surface area (Å²) in [5, 5.41) is 13.5. The molecular formula is C16H14NO5-. The van der Waals surface area contributed by atoms with Crippen molar-refractivity contribution in [1.29, 1.82) is 0 Å². The fourth-order valence-corrected chi connectivity index (χ4v) is 4.28. The van der Waals surface area contributed by atoms with Crippen LogP contribution in [0.1, 0.15) is 23.2 Å². The number of hydrogen-bond donors (Lipinski definition) is 1. The van der Waals surface area contributed by atoms with Crippen LogP contribution in [0.2, 0.25) is 0 Å². The molecule has 0 aromatic heterocycles. The summed E-state index contributed by atoms with van der Waals surface area (Å²) in [4.78, 5) is 35.1. The van der Waals surface area contributed by atoms with E-state index in [1.54, 1.807) is 0 Å². The Morgan fingerprint density at radius 1 is 1.18 bits per heavy atom. The van der Waals surface area contributed by atoms with Crippen LogP contribution in [0.3, 0.4) is 0 Å². The zero-order chi connectivity index (χ0) is 15.4. The average Bonchev–Trinajstić information content (AvgIpc) is 3.09. The molecule has 1 heterocycles. The molecule has 0 radical (unpaired) electrons. The molecule has 6 heteroatoms. The summed E-state index contributed by atoms with van der Waals surface area (Å²) in [5.74, 6) is -1.95. The van der Waals surface area contributed by atoms with Crippen molar-refractivity contribution < 1.29 is 24.2 Å². The number of fused-ring (bicyclic) bond motifs is 1. The van der Waals surface area contributed by atoms with E-state index in [2.05, 4.69) is 5.32 Å². The monoisotopic (exact) mass is 300 g/mol. The lowest BCUT2D eigenvalue weighted by atomic mass is 9.79. The van der Waals surface area contributed by atoms with Crippen molar-refractivity contribution in [2.75, 3.05) is 5.32 Å². The van der Waals surface area contributed by atoms with Crippen LogP contribution in [-0.4, -0.2) is 23.9 Å². The maximum Gasteiger partial charge on any atom is 0.310 e. The van der Waals surface area contributed by atoms with Gasteiger partial charge in [0.25, 0.3) is 0 Å². The second kappa shape index (κ2) is 4.56. The normalized spacial score (nSPS) is 34.5. The molecule has 114 valence electrons. The first-order valence-corrected chi connectivity index (χ1v) is 7.37. The Balaban J connectivity index is 1.51. The van der Waals surface area contributed by atoms with Crippen LogP contribution in [0.15, 0.2) is 24.3 Å². The van der Waals surface area contributed by atoms with Gasteiger partial charge in [-0.25, -0.2) is 0 Å². The Bertz CT molecular complexity index is 666. The highest BCUT2D eigenvalue weighted by Crippen LogP contribution is 2.57. The van der Waals surface area contributed by atoms with Crippen LogP contribution in [0.4, 0.5) is 5.69 Å². The molecule has 0 unspecified atom stereocenters. The first-order valence-electron chi connectivity index (χ1n) is 7.37. The molecule has 22 heavy (non-hydrogen) atoms. The van der Waals surface area contributed by atoms with Crippen LogP contribution in [0, 0.1) is 23.7 Å². The van der Waals surface area contributed by atoms with Crippen LogP contribution < -0.4 is 10.4 Å². The number of carbonyl (C=O) groups excluding carboxylic acids is 3. The van der Waals surface area contributed by atoms with Crippen molar-refractivity contribution in [3.8, 4) is 0 Å². The summed E-state index contributed by atoms with van der Waals surface area (Å²) in [6.07, 6.45) is 1.66. The smallest absolute Gasteiger partial charge is 0.310 e.